The molecule has 1 unspecified atom stereocenters. The van der Waals surface area contributed by atoms with E-state index in [4.69, 9.17) is 14.2 Å². The van der Waals surface area contributed by atoms with Crippen LogP contribution >= 0.6 is 0 Å². The summed E-state index contributed by atoms with van der Waals surface area (Å²) < 4.78 is 16.5. The molecular formula is C13H16O3. The summed E-state index contributed by atoms with van der Waals surface area (Å²) in [6.45, 7) is 5.47. The molecule has 1 saturated heterocycles. The molecule has 16 heavy (non-hydrogen) atoms. The first-order chi connectivity index (χ1) is 7.67. The second-order valence-corrected chi connectivity index (χ2v) is 4.91. The van der Waals surface area contributed by atoms with Crippen LogP contribution in [-0.2, 0) is 4.74 Å². The Balaban J connectivity index is 1.95. The van der Waals surface area contributed by atoms with E-state index in [0.717, 1.165) is 24.5 Å². The minimum Gasteiger partial charge on any atom is -0.454 e. The molecule has 0 N–H and O–H groups in total. The van der Waals surface area contributed by atoms with Crippen molar-refractivity contribution in [3.05, 3.63) is 23.8 Å². The van der Waals surface area contributed by atoms with E-state index in [1.807, 2.05) is 6.07 Å². The maximum Gasteiger partial charge on any atom is 0.231 e. The molecule has 3 nitrogen and oxygen atoms in total. The van der Waals surface area contributed by atoms with Gasteiger partial charge in [-0.25, -0.2) is 0 Å². The van der Waals surface area contributed by atoms with Crippen LogP contribution in [0.5, 0.6) is 11.5 Å². The van der Waals surface area contributed by atoms with Gasteiger partial charge in [0.1, 0.15) is 0 Å². The van der Waals surface area contributed by atoms with Crippen molar-refractivity contribution in [3.63, 3.8) is 0 Å². The van der Waals surface area contributed by atoms with Gasteiger partial charge in [-0.1, -0.05) is 6.07 Å². The van der Waals surface area contributed by atoms with Gasteiger partial charge < -0.3 is 14.2 Å². The number of ether oxygens (including phenoxy) is 3. The van der Waals surface area contributed by atoms with E-state index in [1.54, 1.807) is 0 Å². The third-order valence-electron chi connectivity index (χ3n) is 3.52. The molecule has 2 aliphatic rings. The molecule has 0 spiro atoms. The van der Waals surface area contributed by atoms with Gasteiger partial charge in [-0.3, -0.25) is 0 Å². The Morgan fingerprint density at radius 1 is 1.19 bits per heavy atom. The summed E-state index contributed by atoms with van der Waals surface area (Å²) >= 11 is 0. The number of rotatable bonds is 1. The van der Waals surface area contributed by atoms with Gasteiger partial charge in [0.15, 0.2) is 11.5 Å². The quantitative estimate of drug-likeness (QED) is 0.728. The van der Waals surface area contributed by atoms with Gasteiger partial charge in [-0.15, -0.1) is 0 Å². The maximum atomic E-state index is 5.75. The zero-order valence-electron chi connectivity index (χ0n) is 9.66. The van der Waals surface area contributed by atoms with E-state index in [2.05, 4.69) is 26.0 Å². The summed E-state index contributed by atoms with van der Waals surface area (Å²) in [5.74, 6) is 2.16. The zero-order valence-corrected chi connectivity index (χ0v) is 9.66. The van der Waals surface area contributed by atoms with Crippen LogP contribution in [0.2, 0.25) is 0 Å². The summed E-state index contributed by atoms with van der Waals surface area (Å²) in [4.78, 5) is 0. The lowest BCUT2D eigenvalue weighted by atomic mass is 9.84. The van der Waals surface area contributed by atoms with Crippen molar-refractivity contribution in [1.82, 2.24) is 0 Å². The SMILES string of the molecule is CC1(C)OCCC1c1ccc2c(c1)OCO2. The van der Waals surface area contributed by atoms with Crippen molar-refractivity contribution in [1.29, 1.82) is 0 Å². The average molecular weight is 220 g/mol. The van der Waals surface area contributed by atoms with Crippen LogP contribution in [0.3, 0.4) is 0 Å². The number of fused-ring (bicyclic) bond motifs is 1. The van der Waals surface area contributed by atoms with Crippen LogP contribution < -0.4 is 9.47 Å². The van der Waals surface area contributed by atoms with Crippen molar-refractivity contribution >= 4 is 0 Å². The highest BCUT2D eigenvalue weighted by molar-refractivity contribution is 5.46. The van der Waals surface area contributed by atoms with Gasteiger partial charge in [-0.05, 0) is 38.0 Å². The van der Waals surface area contributed by atoms with Gasteiger partial charge in [-0.2, -0.15) is 0 Å². The molecule has 0 saturated carbocycles. The van der Waals surface area contributed by atoms with Crippen LogP contribution in [-0.4, -0.2) is 19.0 Å². The minimum absolute atomic E-state index is 0.0757. The molecule has 3 heteroatoms. The van der Waals surface area contributed by atoms with E-state index < -0.39 is 0 Å². The fourth-order valence-corrected chi connectivity index (χ4v) is 2.59. The summed E-state index contributed by atoms with van der Waals surface area (Å²) in [6, 6.07) is 6.20. The topological polar surface area (TPSA) is 27.7 Å². The van der Waals surface area contributed by atoms with Crippen molar-refractivity contribution in [2.24, 2.45) is 0 Å². The van der Waals surface area contributed by atoms with E-state index in [-0.39, 0.29) is 5.60 Å². The highest BCUT2D eigenvalue weighted by atomic mass is 16.7. The van der Waals surface area contributed by atoms with Crippen molar-refractivity contribution < 1.29 is 14.2 Å². The predicted octanol–water partition coefficient (Wildman–Crippen LogP) is 2.70. The summed E-state index contributed by atoms with van der Waals surface area (Å²) in [5, 5.41) is 0. The van der Waals surface area contributed by atoms with Gasteiger partial charge in [0, 0.05) is 12.5 Å². The highest BCUT2D eigenvalue weighted by Gasteiger charge is 2.37. The smallest absolute Gasteiger partial charge is 0.231 e. The molecular weight excluding hydrogens is 204 g/mol. The predicted molar refractivity (Wildman–Crippen MR) is 60.0 cm³/mol. The number of hydrogen-bond acceptors (Lipinski definition) is 3. The minimum atomic E-state index is -0.0757. The molecule has 1 aromatic carbocycles. The van der Waals surface area contributed by atoms with Gasteiger partial charge in [0.05, 0.1) is 5.60 Å². The standard InChI is InChI=1S/C13H16O3/c1-13(2)10(5-6-16-13)9-3-4-11-12(7-9)15-8-14-11/h3-4,7,10H,5-6,8H2,1-2H3. The molecule has 0 aromatic heterocycles. The molecule has 0 aliphatic carbocycles. The lowest BCUT2D eigenvalue weighted by Gasteiger charge is -2.26. The molecule has 1 atom stereocenters. The zero-order chi connectivity index (χ0) is 11.2. The van der Waals surface area contributed by atoms with Crippen LogP contribution in [0, 0.1) is 0 Å². The lowest BCUT2D eigenvalue weighted by molar-refractivity contribution is 0.0271. The summed E-state index contributed by atoms with van der Waals surface area (Å²) in [6.07, 6.45) is 1.08. The van der Waals surface area contributed by atoms with Crippen LogP contribution in [0.4, 0.5) is 0 Å². The monoisotopic (exact) mass is 220 g/mol. The molecule has 0 bridgehead atoms. The Kier molecular flexibility index (Phi) is 2.11. The van der Waals surface area contributed by atoms with Gasteiger partial charge in [0.2, 0.25) is 6.79 Å². The summed E-state index contributed by atoms with van der Waals surface area (Å²) in [7, 11) is 0. The van der Waals surface area contributed by atoms with Gasteiger partial charge in [0.25, 0.3) is 0 Å². The molecule has 1 fully saturated rings. The largest absolute Gasteiger partial charge is 0.454 e. The fourth-order valence-electron chi connectivity index (χ4n) is 2.59. The third kappa shape index (κ3) is 1.47. The Hall–Kier alpha value is -1.22. The molecule has 0 amide bonds. The molecule has 2 heterocycles. The van der Waals surface area contributed by atoms with Crippen molar-refractivity contribution in [2.75, 3.05) is 13.4 Å². The number of hydrogen-bond donors (Lipinski definition) is 0. The third-order valence-corrected chi connectivity index (χ3v) is 3.52. The van der Waals surface area contributed by atoms with Crippen LogP contribution in [0.25, 0.3) is 0 Å². The van der Waals surface area contributed by atoms with E-state index in [9.17, 15) is 0 Å². The first kappa shape index (κ1) is 9.97. The molecule has 86 valence electrons. The fraction of sp³-hybridized carbons (Fsp3) is 0.538. The van der Waals surface area contributed by atoms with Crippen molar-refractivity contribution in [3.8, 4) is 11.5 Å². The van der Waals surface area contributed by atoms with Crippen LogP contribution in [0.1, 0.15) is 31.7 Å². The summed E-state index contributed by atoms with van der Waals surface area (Å²) in [5.41, 5.74) is 1.21. The Morgan fingerprint density at radius 3 is 2.75 bits per heavy atom. The second kappa shape index (κ2) is 3.39. The maximum absolute atomic E-state index is 5.75. The van der Waals surface area contributed by atoms with Crippen molar-refractivity contribution in [2.45, 2.75) is 31.8 Å². The normalized spacial score (nSPS) is 26.0. The van der Waals surface area contributed by atoms with E-state index >= 15 is 0 Å². The highest BCUT2D eigenvalue weighted by Crippen LogP contribution is 2.42. The molecule has 1 aromatic rings. The molecule has 0 radical (unpaired) electrons. The van der Waals surface area contributed by atoms with E-state index in [1.165, 1.54) is 5.56 Å². The Morgan fingerprint density at radius 2 is 2.00 bits per heavy atom. The average Bonchev–Trinajstić information content (AvgIpc) is 2.82. The number of benzene rings is 1. The first-order valence-corrected chi connectivity index (χ1v) is 5.70. The Bertz CT molecular complexity index is 412. The van der Waals surface area contributed by atoms with Crippen LogP contribution in [0.15, 0.2) is 18.2 Å². The Labute approximate surface area is 95.3 Å². The molecule has 3 rings (SSSR count). The van der Waals surface area contributed by atoms with E-state index in [0.29, 0.717) is 12.7 Å². The lowest BCUT2D eigenvalue weighted by Crippen LogP contribution is -2.25. The first-order valence-electron chi connectivity index (χ1n) is 5.70. The van der Waals surface area contributed by atoms with Gasteiger partial charge >= 0.3 is 0 Å². The second-order valence-electron chi connectivity index (χ2n) is 4.91. The molecule has 2 aliphatic heterocycles.